The number of aromatic nitrogens is 1. The molecule has 0 atom stereocenters. The van der Waals surface area contributed by atoms with Crippen LogP contribution in [-0.4, -0.2) is 4.98 Å². The van der Waals surface area contributed by atoms with Gasteiger partial charge < -0.3 is 5.73 Å². The molecule has 0 aliphatic heterocycles. The molecule has 0 unspecified atom stereocenters. The molecule has 0 radical (unpaired) electrons. The van der Waals surface area contributed by atoms with Crippen molar-refractivity contribution in [2.45, 2.75) is 6.18 Å². The van der Waals surface area contributed by atoms with Crippen molar-refractivity contribution in [2.75, 3.05) is 5.73 Å². The zero-order valence-electron chi connectivity index (χ0n) is 5.99. The van der Waals surface area contributed by atoms with E-state index in [9.17, 15) is 17.6 Å². The number of halogens is 5. The summed E-state index contributed by atoms with van der Waals surface area (Å²) in [6, 6.07) is 0.382. The standard InChI is InChI=1S/C6H3ClF4N2/c7-3-1-2(6(9,10)11)4(8)5(12)13-3/h1H,(H2,12,13). The van der Waals surface area contributed by atoms with Crippen molar-refractivity contribution in [3.05, 3.63) is 22.6 Å². The number of rotatable bonds is 0. The Bertz CT molecular complexity index is 336. The zero-order valence-corrected chi connectivity index (χ0v) is 6.75. The average molecular weight is 215 g/mol. The highest BCUT2D eigenvalue weighted by molar-refractivity contribution is 6.29. The molecule has 2 nitrogen and oxygen atoms in total. The smallest absolute Gasteiger partial charge is 0.381 e. The van der Waals surface area contributed by atoms with Gasteiger partial charge in [-0.25, -0.2) is 9.37 Å². The number of nitrogens with two attached hydrogens (primary N) is 1. The summed E-state index contributed by atoms with van der Waals surface area (Å²) in [7, 11) is 0. The molecule has 0 aliphatic rings. The predicted octanol–water partition coefficient (Wildman–Crippen LogP) is 2.48. The van der Waals surface area contributed by atoms with Gasteiger partial charge in [-0.1, -0.05) is 11.6 Å². The Balaban J connectivity index is 3.37. The molecule has 0 aliphatic carbocycles. The number of hydrogen-bond donors (Lipinski definition) is 1. The van der Waals surface area contributed by atoms with E-state index in [1.807, 2.05) is 0 Å². The molecule has 0 saturated carbocycles. The van der Waals surface area contributed by atoms with Gasteiger partial charge in [-0.3, -0.25) is 0 Å². The minimum Gasteiger partial charge on any atom is -0.381 e. The highest BCUT2D eigenvalue weighted by Crippen LogP contribution is 2.33. The van der Waals surface area contributed by atoms with Crippen molar-refractivity contribution < 1.29 is 17.6 Å². The highest BCUT2D eigenvalue weighted by atomic mass is 35.5. The summed E-state index contributed by atoms with van der Waals surface area (Å²) in [4.78, 5) is 3.12. The molecule has 0 amide bonds. The van der Waals surface area contributed by atoms with Gasteiger partial charge in [0, 0.05) is 0 Å². The van der Waals surface area contributed by atoms with Crippen LogP contribution in [0.5, 0.6) is 0 Å². The monoisotopic (exact) mass is 214 g/mol. The topological polar surface area (TPSA) is 38.9 Å². The number of nitrogens with zero attached hydrogens (tertiary/aromatic N) is 1. The quantitative estimate of drug-likeness (QED) is 0.532. The van der Waals surface area contributed by atoms with Crippen LogP contribution in [0.15, 0.2) is 6.07 Å². The maximum atomic E-state index is 12.7. The normalized spacial score (nSPS) is 11.8. The first-order chi connectivity index (χ1) is 5.82. The van der Waals surface area contributed by atoms with Crippen molar-refractivity contribution in [2.24, 2.45) is 0 Å². The minimum atomic E-state index is -4.81. The van der Waals surface area contributed by atoms with Crippen LogP contribution in [0, 0.1) is 5.82 Å². The number of nitrogen functional groups attached to an aromatic ring is 1. The molecular formula is C6H3ClF4N2. The van der Waals surface area contributed by atoms with Gasteiger partial charge in [0.1, 0.15) is 5.15 Å². The van der Waals surface area contributed by atoms with E-state index in [0.717, 1.165) is 0 Å². The van der Waals surface area contributed by atoms with Gasteiger partial charge in [0.25, 0.3) is 0 Å². The summed E-state index contributed by atoms with van der Waals surface area (Å²) in [6.07, 6.45) is -4.81. The van der Waals surface area contributed by atoms with Crippen LogP contribution in [0.2, 0.25) is 5.15 Å². The second-order valence-electron chi connectivity index (χ2n) is 2.19. The van der Waals surface area contributed by atoms with Gasteiger partial charge in [-0.05, 0) is 6.07 Å². The van der Waals surface area contributed by atoms with Gasteiger partial charge in [0.2, 0.25) is 0 Å². The first-order valence-corrected chi connectivity index (χ1v) is 3.39. The van der Waals surface area contributed by atoms with E-state index in [4.69, 9.17) is 17.3 Å². The molecule has 2 N–H and O–H groups in total. The first kappa shape index (κ1) is 10.0. The Morgan fingerprint density at radius 3 is 2.38 bits per heavy atom. The van der Waals surface area contributed by atoms with E-state index in [-0.39, 0.29) is 0 Å². The molecule has 1 rings (SSSR count). The molecule has 72 valence electrons. The van der Waals surface area contributed by atoms with Gasteiger partial charge in [0.05, 0.1) is 5.56 Å². The second kappa shape index (κ2) is 3.02. The summed E-state index contributed by atoms with van der Waals surface area (Å²) in [6.45, 7) is 0. The van der Waals surface area contributed by atoms with Crippen LogP contribution in [0.1, 0.15) is 5.56 Å². The second-order valence-corrected chi connectivity index (χ2v) is 2.58. The number of anilines is 1. The molecule has 0 bridgehead atoms. The van der Waals surface area contributed by atoms with Crippen LogP contribution in [-0.2, 0) is 6.18 Å². The molecule has 1 heterocycles. The third-order valence-corrected chi connectivity index (χ3v) is 1.45. The Hall–Kier alpha value is -1.04. The Labute approximate surface area is 75.3 Å². The summed E-state index contributed by atoms with van der Waals surface area (Å²) in [5.41, 5.74) is 3.34. The van der Waals surface area contributed by atoms with Gasteiger partial charge >= 0.3 is 6.18 Å². The number of alkyl halides is 3. The van der Waals surface area contributed by atoms with Crippen molar-refractivity contribution >= 4 is 17.4 Å². The molecule has 1 aromatic heterocycles. The predicted molar refractivity (Wildman–Crippen MR) is 38.6 cm³/mol. The van der Waals surface area contributed by atoms with Crippen LogP contribution in [0.25, 0.3) is 0 Å². The third kappa shape index (κ3) is 2.00. The largest absolute Gasteiger partial charge is 0.419 e. The molecule has 1 aromatic rings. The molecule has 0 fully saturated rings. The van der Waals surface area contributed by atoms with Gasteiger partial charge in [-0.2, -0.15) is 13.2 Å². The Morgan fingerprint density at radius 2 is 1.92 bits per heavy atom. The number of hydrogen-bond acceptors (Lipinski definition) is 2. The maximum absolute atomic E-state index is 12.7. The number of pyridine rings is 1. The molecule has 7 heteroatoms. The van der Waals surface area contributed by atoms with Crippen molar-refractivity contribution in [3.63, 3.8) is 0 Å². The molecular weight excluding hydrogens is 212 g/mol. The van der Waals surface area contributed by atoms with E-state index < -0.39 is 28.5 Å². The summed E-state index contributed by atoms with van der Waals surface area (Å²) < 4.78 is 48.8. The summed E-state index contributed by atoms with van der Waals surface area (Å²) in [5.74, 6) is -2.46. The van der Waals surface area contributed by atoms with E-state index >= 15 is 0 Å². The van der Waals surface area contributed by atoms with Gasteiger partial charge in [-0.15, -0.1) is 0 Å². The van der Waals surface area contributed by atoms with E-state index in [2.05, 4.69) is 4.98 Å². The highest BCUT2D eigenvalue weighted by Gasteiger charge is 2.35. The molecule has 0 saturated heterocycles. The molecule has 13 heavy (non-hydrogen) atoms. The lowest BCUT2D eigenvalue weighted by Crippen LogP contribution is -2.11. The van der Waals surface area contributed by atoms with Crippen molar-refractivity contribution in [1.29, 1.82) is 0 Å². The van der Waals surface area contributed by atoms with Crippen LogP contribution in [0.3, 0.4) is 0 Å². The summed E-state index contributed by atoms with van der Waals surface area (Å²) >= 11 is 5.17. The lowest BCUT2D eigenvalue weighted by molar-refractivity contribution is -0.139. The Morgan fingerprint density at radius 1 is 1.38 bits per heavy atom. The van der Waals surface area contributed by atoms with Gasteiger partial charge in [0.15, 0.2) is 11.6 Å². The fourth-order valence-electron chi connectivity index (χ4n) is 0.723. The minimum absolute atomic E-state index is 0.382. The lowest BCUT2D eigenvalue weighted by atomic mass is 10.2. The first-order valence-electron chi connectivity index (χ1n) is 3.01. The summed E-state index contributed by atoms with van der Waals surface area (Å²) in [5, 5.41) is -0.494. The maximum Gasteiger partial charge on any atom is 0.419 e. The average Bonchev–Trinajstić information content (AvgIpc) is 1.94. The van der Waals surface area contributed by atoms with E-state index in [1.54, 1.807) is 0 Å². The Kier molecular flexibility index (Phi) is 2.34. The van der Waals surface area contributed by atoms with E-state index in [1.165, 1.54) is 0 Å². The zero-order chi connectivity index (χ0) is 10.2. The molecule has 0 aromatic carbocycles. The van der Waals surface area contributed by atoms with E-state index in [0.29, 0.717) is 6.07 Å². The molecule has 0 spiro atoms. The lowest BCUT2D eigenvalue weighted by Gasteiger charge is -2.08. The van der Waals surface area contributed by atoms with Crippen molar-refractivity contribution in [1.82, 2.24) is 4.98 Å². The van der Waals surface area contributed by atoms with Crippen LogP contribution < -0.4 is 5.73 Å². The van der Waals surface area contributed by atoms with Crippen molar-refractivity contribution in [3.8, 4) is 0 Å². The van der Waals surface area contributed by atoms with Crippen LogP contribution in [0.4, 0.5) is 23.4 Å². The third-order valence-electron chi connectivity index (χ3n) is 1.26. The fourth-order valence-corrected chi connectivity index (χ4v) is 0.923. The fraction of sp³-hybridized carbons (Fsp3) is 0.167. The van der Waals surface area contributed by atoms with Crippen LogP contribution >= 0.6 is 11.6 Å². The SMILES string of the molecule is Nc1nc(Cl)cc(C(F)(F)F)c1F.